The summed E-state index contributed by atoms with van der Waals surface area (Å²) in [5, 5.41) is 1.14. The average Bonchev–Trinajstić information content (AvgIpc) is 2.52. The molecule has 0 fully saturated rings. The number of para-hydroxylation sites is 1. The van der Waals surface area contributed by atoms with Gasteiger partial charge in [-0.25, -0.2) is 0 Å². The van der Waals surface area contributed by atoms with Gasteiger partial charge < -0.3 is 9.64 Å². The number of benzene rings is 2. The third-order valence-electron chi connectivity index (χ3n) is 3.26. The first-order valence-corrected chi connectivity index (χ1v) is 7.78. The van der Waals surface area contributed by atoms with Gasteiger partial charge in [0.1, 0.15) is 0 Å². The summed E-state index contributed by atoms with van der Waals surface area (Å²) in [6.45, 7) is 5.18. The summed E-state index contributed by atoms with van der Waals surface area (Å²) in [7, 11) is 0. The van der Waals surface area contributed by atoms with Gasteiger partial charge in [0.25, 0.3) is 0 Å². The van der Waals surface area contributed by atoms with E-state index in [-0.39, 0.29) is 0 Å². The van der Waals surface area contributed by atoms with Crippen molar-refractivity contribution in [2.24, 2.45) is 0 Å². The van der Waals surface area contributed by atoms with Crippen molar-refractivity contribution in [1.29, 1.82) is 0 Å². The fourth-order valence-electron chi connectivity index (χ4n) is 2.10. The molecule has 2 aromatic rings. The minimum Gasteiger partial charge on any atom is -0.375 e. The van der Waals surface area contributed by atoms with Crippen molar-refractivity contribution in [1.82, 2.24) is 0 Å². The lowest BCUT2D eigenvalue weighted by Gasteiger charge is -2.22. The van der Waals surface area contributed by atoms with E-state index in [4.69, 9.17) is 27.9 Å². The molecular formula is C17H19Cl2NO. The van der Waals surface area contributed by atoms with E-state index in [1.54, 1.807) is 6.07 Å². The Morgan fingerprint density at radius 2 is 1.76 bits per heavy atom. The van der Waals surface area contributed by atoms with Gasteiger partial charge in [0.2, 0.25) is 0 Å². The van der Waals surface area contributed by atoms with Crippen LogP contribution < -0.4 is 4.90 Å². The van der Waals surface area contributed by atoms with Gasteiger partial charge in [-0.05, 0) is 36.8 Å². The van der Waals surface area contributed by atoms with Crippen LogP contribution in [0.15, 0.2) is 48.5 Å². The Balaban J connectivity index is 1.79. The molecule has 0 amide bonds. The van der Waals surface area contributed by atoms with Crippen LogP contribution in [0.2, 0.25) is 10.0 Å². The number of anilines is 1. The van der Waals surface area contributed by atoms with Gasteiger partial charge in [-0.1, -0.05) is 47.5 Å². The lowest BCUT2D eigenvalue weighted by atomic mass is 10.2. The third-order valence-corrected chi connectivity index (χ3v) is 4.00. The SMILES string of the molecule is CCN(CCOCc1ccc(Cl)c(Cl)c1)c1ccccc1. The Morgan fingerprint density at radius 1 is 1.00 bits per heavy atom. The van der Waals surface area contributed by atoms with Gasteiger partial charge in [0.15, 0.2) is 0 Å². The second kappa shape index (κ2) is 8.28. The second-order valence-electron chi connectivity index (χ2n) is 4.72. The molecule has 2 aromatic carbocycles. The molecule has 0 N–H and O–H groups in total. The number of ether oxygens (including phenoxy) is 1. The maximum Gasteiger partial charge on any atom is 0.0718 e. The maximum atomic E-state index is 5.98. The van der Waals surface area contributed by atoms with Gasteiger partial charge in [-0.3, -0.25) is 0 Å². The molecule has 0 atom stereocenters. The number of likely N-dealkylation sites (N-methyl/N-ethyl adjacent to an activating group) is 1. The quantitative estimate of drug-likeness (QED) is 0.662. The molecule has 112 valence electrons. The molecule has 0 saturated carbocycles. The molecule has 2 nitrogen and oxygen atoms in total. The van der Waals surface area contributed by atoms with Crippen molar-refractivity contribution in [2.75, 3.05) is 24.6 Å². The monoisotopic (exact) mass is 323 g/mol. The summed E-state index contributed by atoms with van der Waals surface area (Å²) in [6, 6.07) is 15.9. The summed E-state index contributed by atoms with van der Waals surface area (Å²) in [4.78, 5) is 2.29. The molecule has 0 aliphatic rings. The minimum absolute atomic E-state index is 0.545. The highest BCUT2D eigenvalue weighted by molar-refractivity contribution is 6.42. The van der Waals surface area contributed by atoms with Gasteiger partial charge in [0, 0.05) is 18.8 Å². The highest BCUT2D eigenvalue weighted by Gasteiger charge is 2.04. The molecular weight excluding hydrogens is 305 g/mol. The zero-order valence-electron chi connectivity index (χ0n) is 12.1. The Labute approximate surface area is 136 Å². The first-order valence-electron chi connectivity index (χ1n) is 7.02. The van der Waals surface area contributed by atoms with Crippen LogP contribution >= 0.6 is 23.2 Å². The van der Waals surface area contributed by atoms with Gasteiger partial charge in [-0.2, -0.15) is 0 Å². The average molecular weight is 324 g/mol. The molecule has 0 spiro atoms. The van der Waals surface area contributed by atoms with Crippen molar-refractivity contribution in [3.05, 3.63) is 64.1 Å². The topological polar surface area (TPSA) is 12.5 Å². The molecule has 0 aliphatic carbocycles. The highest BCUT2D eigenvalue weighted by atomic mass is 35.5. The fourth-order valence-corrected chi connectivity index (χ4v) is 2.42. The molecule has 0 radical (unpaired) electrons. The lowest BCUT2D eigenvalue weighted by Crippen LogP contribution is -2.26. The molecule has 21 heavy (non-hydrogen) atoms. The fraction of sp³-hybridized carbons (Fsp3) is 0.294. The van der Waals surface area contributed by atoms with E-state index < -0.39 is 0 Å². The molecule has 4 heteroatoms. The summed E-state index contributed by atoms with van der Waals surface area (Å²) >= 11 is 11.9. The summed E-state index contributed by atoms with van der Waals surface area (Å²) in [5.41, 5.74) is 2.25. The van der Waals surface area contributed by atoms with Crippen LogP contribution in [0.1, 0.15) is 12.5 Å². The van der Waals surface area contributed by atoms with Crippen LogP contribution in [0.3, 0.4) is 0 Å². The van der Waals surface area contributed by atoms with Crippen molar-refractivity contribution in [2.45, 2.75) is 13.5 Å². The first-order chi connectivity index (χ1) is 10.2. The van der Waals surface area contributed by atoms with E-state index >= 15 is 0 Å². The summed E-state index contributed by atoms with van der Waals surface area (Å²) in [5.74, 6) is 0. The molecule has 0 saturated heterocycles. The van der Waals surface area contributed by atoms with Gasteiger partial charge in [0.05, 0.1) is 23.3 Å². The lowest BCUT2D eigenvalue weighted by molar-refractivity contribution is 0.127. The van der Waals surface area contributed by atoms with Crippen molar-refractivity contribution < 1.29 is 4.74 Å². The van der Waals surface area contributed by atoms with E-state index in [1.165, 1.54) is 5.69 Å². The van der Waals surface area contributed by atoms with Crippen molar-refractivity contribution in [3.63, 3.8) is 0 Å². The number of hydrogen-bond donors (Lipinski definition) is 0. The first kappa shape index (κ1) is 16.2. The van der Waals surface area contributed by atoms with E-state index in [2.05, 4.69) is 36.1 Å². The predicted molar refractivity (Wildman–Crippen MR) is 90.4 cm³/mol. The van der Waals surface area contributed by atoms with Gasteiger partial charge in [-0.15, -0.1) is 0 Å². The Kier molecular flexibility index (Phi) is 6.37. The molecule has 0 aromatic heterocycles. The molecule has 0 unspecified atom stereocenters. The van der Waals surface area contributed by atoms with E-state index in [9.17, 15) is 0 Å². The van der Waals surface area contributed by atoms with Crippen LogP contribution in [0.4, 0.5) is 5.69 Å². The van der Waals surface area contributed by atoms with Crippen LogP contribution in [0, 0.1) is 0 Å². The van der Waals surface area contributed by atoms with Crippen molar-refractivity contribution >= 4 is 28.9 Å². The predicted octanol–water partition coefficient (Wildman–Crippen LogP) is 5.04. The van der Waals surface area contributed by atoms with Crippen LogP contribution in [-0.2, 0) is 11.3 Å². The molecule has 2 rings (SSSR count). The standard InChI is InChI=1S/C17H19Cl2NO/c1-2-20(15-6-4-3-5-7-15)10-11-21-13-14-8-9-16(18)17(19)12-14/h3-9,12H,2,10-11,13H2,1H3. The number of rotatable bonds is 7. The number of halogens is 2. The largest absolute Gasteiger partial charge is 0.375 e. The molecule has 0 bridgehead atoms. The second-order valence-corrected chi connectivity index (χ2v) is 5.53. The van der Waals surface area contributed by atoms with Gasteiger partial charge >= 0.3 is 0 Å². The summed E-state index contributed by atoms with van der Waals surface area (Å²) < 4.78 is 5.72. The maximum absolute atomic E-state index is 5.98. The molecule has 0 heterocycles. The number of hydrogen-bond acceptors (Lipinski definition) is 2. The van der Waals surface area contributed by atoms with E-state index in [0.717, 1.165) is 18.7 Å². The molecule has 0 aliphatic heterocycles. The highest BCUT2D eigenvalue weighted by Crippen LogP contribution is 2.22. The number of nitrogens with zero attached hydrogens (tertiary/aromatic N) is 1. The van der Waals surface area contributed by atoms with Crippen LogP contribution in [-0.4, -0.2) is 19.7 Å². The Bertz CT molecular complexity index is 560. The normalized spacial score (nSPS) is 10.6. The van der Waals surface area contributed by atoms with Crippen LogP contribution in [0.5, 0.6) is 0 Å². The van der Waals surface area contributed by atoms with Crippen LogP contribution in [0.25, 0.3) is 0 Å². The third kappa shape index (κ3) is 4.92. The van der Waals surface area contributed by atoms with Crippen molar-refractivity contribution in [3.8, 4) is 0 Å². The zero-order valence-corrected chi connectivity index (χ0v) is 13.6. The Hall–Kier alpha value is -1.22. The zero-order chi connectivity index (χ0) is 15.1. The summed E-state index contributed by atoms with van der Waals surface area (Å²) in [6.07, 6.45) is 0. The van der Waals surface area contributed by atoms with E-state index in [1.807, 2.05) is 18.2 Å². The van der Waals surface area contributed by atoms with E-state index in [0.29, 0.717) is 23.3 Å². The smallest absolute Gasteiger partial charge is 0.0718 e. The minimum atomic E-state index is 0.545. The Morgan fingerprint density at radius 3 is 2.43 bits per heavy atom.